The van der Waals surface area contributed by atoms with Crippen LogP contribution in [-0.4, -0.2) is 16.6 Å². The number of aromatic amines is 1. The van der Waals surface area contributed by atoms with Crippen molar-refractivity contribution < 1.29 is 4.74 Å². The Labute approximate surface area is 162 Å². The molecular formula is C21H21N3O2S. The molecule has 0 fully saturated rings. The standard InChI is InChI=1S/C21H21N3O2S/c1-4-5-10-26-17-8-6-15(7-9-17)11-16(12-22)19-23-20(25)18-13(2)14(3)27-21(18)24-19/h6-9,11H,4-5,10H2,1-3H3,(H,23,24,25)/b16-11+. The molecule has 0 radical (unpaired) electrons. The van der Waals surface area contributed by atoms with Crippen molar-refractivity contribution in [2.75, 3.05) is 6.61 Å². The van der Waals surface area contributed by atoms with Crippen molar-refractivity contribution in [3.05, 3.63) is 56.4 Å². The number of rotatable bonds is 6. The molecule has 5 nitrogen and oxygen atoms in total. The lowest BCUT2D eigenvalue weighted by atomic mass is 10.1. The molecule has 0 unspecified atom stereocenters. The molecule has 0 atom stereocenters. The topological polar surface area (TPSA) is 78.8 Å². The number of fused-ring (bicyclic) bond motifs is 1. The van der Waals surface area contributed by atoms with Gasteiger partial charge in [0.25, 0.3) is 5.56 Å². The second-order valence-corrected chi connectivity index (χ2v) is 7.52. The number of ether oxygens (including phenoxy) is 1. The van der Waals surface area contributed by atoms with Crippen LogP contribution in [0.4, 0.5) is 0 Å². The largest absolute Gasteiger partial charge is 0.494 e. The summed E-state index contributed by atoms with van der Waals surface area (Å²) in [6.45, 7) is 6.69. The Bertz CT molecular complexity index is 1090. The quantitative estimate of drug-likeness (QED) is 0.491. The number of allylic oxidation sites excluding steroid dienone is 1. The molecule has 0 bridgehead atoms. The molecule has 3 rings (SSSR count). The first-order valence-electron chi connectivity index (χ1n) is 8.88. The van der Waals surface area contributed by atoms with Gasteiger partial charge in [0.2, 0.25) is 0 Å². The van der Waals surface area contributed by atoms with Crippen LogP contribution in [0.3, 0.4) is 0 Å². The summed E-state index contributed by atoms with van der Waals surface area (Å²) < 4.78 is 5.65. The molecule has 27 heavy (non-hydrogen) atoms. The van der Waals surface area contributed by atoms with Crippen molar-refractivity contribution >= 4 is 33.2 Å². The molecule has 0 saturated heterocycles. The Hall–Kier alpha value is -2.91. The van der Waals surface area contributed by atoms with Gasteiger partial charge in [0.1, 0.15) is 16.6 Å². The molecule has 0 amide bonds. The van der Waals surface area contributed by atoms with Gasteiger partial charge in [-0.05, 0) is 49.6 Å². The molecule has 0 aliphatic rings. The summed E-state index contributed by atoms with van der Waals surface area (Å²) in [5.41, 5.74) is 1.89. The summed E-state index contributed by atoms with van der Waals surface area (Å²) in [7, 11) is 0. The lowest BCUT2D eigenvalue weighted by Crippen LogP contribution is -2.10. The Morgan fingerprint density at radius 2 is 2.07 bits per heavy atom. The zero-order valence-electron chi connectivity index (χ0n) is 15.6. The van der Waals surface area contributed by atoms with Crippen molar-refractivity contribution in [3.63, 3.8) is 0 Å². The molecule has 6 heteroatoms. The summed E-state index contributed by atoms with van der Waals surface area (Å²) in [4.78, 5) is 21.4. The molecule has 2 aromatic heterocycles. The Kier molecular flexibility index (Phi) is 5.72. The maximum absolute atomic E-state index is 12.4. The summed E-state index contributed by atoms with van der Waals surface area (Å²) in [5.74, 6) is 1.09. The molecule has 0 spiro atoms. The molecule has 1 N–H and O–H groups in total. The highest BCUT2D eigenvalue weighted by molar-refractivity contribution is 7.18. The second-order valence-electron chi connectivity index (χ2n) is 6.32. The maximum Gasteiger partial charge on any atom is 0.260 e. The Balaban J connectivity index is 1.92. The van der Waals surface area contributed by atoms with Crippen molar-refractivity contribution in [1.29, 1.82) is 5.26 Å². The number of unbranched alkanes of at least 4 members (excludes halogenated alkanes) is 1. The van der Waals surface area contributed by atoms with E-state index < -0.39 is 0 Å². The summed E-state index contributed by atoms with van der Waals surface area (Å²) in [6.07, 6.45) is 3.82. The Morgan fingerprint density at radius 3 is 2.74 bits per heavy atom. The first-order chi connectivity index (χ1) is 13.0. The van der Waals surface area contributed by atoms with Crippen LogP contribution in [0.5, 0.6) is 5.75 Å². The van der Waals surface area contributed by atoms with Gasteiger partial charge in [-0.3, -0.25) is 4.79 Å². The molecular weight excluding hydrogens is 358 g/mol. The summed E-state index contributed by atoms with van der Waals surface area (Å²) >= 11 is 1.47. The molecule has 138 valence electrons. The van der Waals surface area contributed by atoms with Crippen LogP contribution in [-0.2, 0) is 0 Å². The highest BCUT2D eigenvalue weighted by Crippen LogP contribution is 2.27. The van der Waals surface area contributed by atoms with Gasteiger partial charge in [-0.1, -0.05) is 25.5 Å². The lowest BCUT2D eigenvalue weighted by molar-refractivity contribution is 0.309. The van der Waals surface area contributed by atoms with E-state index in [0.717, 1.165) is 34.6 Å². The average Bonchev–Trinajstić information content (AvgIpc) is 2.95. The van der Waals surface area contributed by atoms with E-state index in [-0.39, 0.29) is 5.56 Å². The predicted molar refractivity (Wildman–Crippen MR) is 110 cm³/mol. The van der Waals surface area contributed by atoms with Gasteiger partial charge in [-0.15, -0.1) is 11.3 Å². The predicted octanol–water partition coefficient (Wildman–Crippen LogP) is 4.84. The van der Waals surface area contributed by atoms with Crippen LogP contribution >= 0.6 is 11.3 Å². The second kappa shape index (κ2) is 8.19. The zero-order chi connectivity index (χ0) is 19.4. The van der Waals surface area contributed by atoms with Gasteiger partial charge in [-0.2, -0.15) is 5.26 Å². The molecule has 0 saturated carbocycles. The number of aromatic nitrogens is 2. The smallest absolute Gasteiger partial charge is 0.260 e. The van der Waals surface area contributed by atoms with Gasteiger partial charge >= 0.3 is 0 Å². The average molecular weight is 379 g/mol. The molecule has 2 heterocycles. The van der Waals surface area contributed by atoms with E-state index in [4.69, 9.17) is 4.74 Å². The first kappa shape index (κ1) is 18.9. The summed E-state index contributed by atoms with van der Waals surface area (Å²) in [5, 5.41) is 10.2. The number of nitriles is 1. The van der Waals surface area contributed by atoms with Crippen LogP contribution in [0.25, 0.3) is 21.9 Å². The van der Waals surface area contributed by atoms with Crippen LogP contribution < -0.4 is 10.3 Å². The van der Waals surface area contributed by atoms with Crippen molar-refractivity contribution in [3.8, 4) is 11.8 Å². The Morgan fingerprint density at radius 1 is 1.33 bits per heavy atom. The normalized spacial score (nSPS) is 11.6. The van der Waals surface area contributed by atoms with Gasteiger partial charge < -0.3 is 9.72 Å². The highest BCUT2D eigenvalue weighted by Gasteiger charge is 2.13. The third kappa shape index (κ3) is 4.09. The molecule has 3 aromatic rings. The summed E-state index contributed by atoms with van der Waals surface area (Å²) in [6, 6.07) is 9.66. The number of aryl methyl sites for hydroxylation is 2. The van der Waals surface area contributed by atoms with Crippen molar-refractivity contribution in [2.45, 2.75) is 33.6 Å². The maximum atomic E-state index is 12.4. The zero-order valence-corrected chi connectivity index (χ0v) is 16.4. The fourth-order valence-electron chi connectivity index (χ4n) is 2.70. The van der Waals surface area contributed by atoms with E-state index in [1.165, 1.54) is 11.3 Å². The van der Waals surface area contributed by atoms with Crippen LogP contribution in [0.15, 0.2) is 29.1 Å². The third-order valence-corrected chi connectivity index (χ3v) is 5.47. The van der Waals surface area contributed by atoms with E-state index in [1.807, 2.05) is 38.1 Å². The number of nitrogens with one attached hydrogen (secondary N) is 1. The van der Waals surface area contributed by atoms with Crippen molar-refractivity contribution in [1.82, 2.24) is 9.97 Å². The van der Waals surface area contributed by atoms with E-state index in [0.29, 0.717) is 28.2 Å². The fourth-order valence-corrected chi connectivity index (χ4v) is 3.73. The number of hydrogen-bond acceptors (Lipinski definition) is 5. The minimum Gasteiger partial charge on any atom is -0.494 e. The van der Waals surface area contributed by atoms with E-state index >= 15 is 0 Å². The number of nitrogens with zero attached hydrogens (tertiary/aromatic N) is 2. The number of hydrogen-bond donors (Lipinski definition) is 1. The molecule has 0 aliphatic heterocycles. The number of thiophene rings is 1. The van der Waals surface area contributed by atoms with E-state index in [2.05, 4.69) is 23.0 Å². The molecule has 0 aliphatic carbocycles. The van der Waals surface area contributed by atoms with Crippen LogP contribution in [0, 0.1) is 25.2 Å². The lowest BCUT2D eigenvalue weighted by Gasteiger charge is -2.05. The minimum absolute atomic E-state index is 0.210. The molecule has 1 aromatic carbocycles. The number of benzene rings is 1. The number of H-pyrrole nitrogens is 1. The fraction of sp³-hybridized carbons (Fsp3) is 0.286. The van der Waals surface area contributed by atoms with Gasteiger partial charge in [0.15, 0.2) is 5.82 Å². The van der Waals surface area contributed by atoms with Crippen LogP contribution in [0.1, 0.15) is 41.6 Å². The van der Waals surface area contributed by atoms with E-state index in [1.54, 1.807) is 6.08 Å². The van der Waals surface area contributed by atoms with Gasteiger partial charge in [0.05, 0.1) is 17.6 Å². The van der Waals surface area contributed by atoms with Crippen LogP contribution in [0.2, 0.25) is 0 Å². The minimum atomic E-state index is -0.210. The SMILES string of the molecule is CCCCOc1ccc(/C=C(\C#N)c2nc3sc(C)c(C)c3c(=O)[nH]2)cc1. The van der Waals surface area contributed by atoms with Crippen molar-refractivity contribution in [2.24, 2.45) is 0 Å². The van der Waals surface area contributed by atoms with Gasteiger partial charge in [-0.25, -0.2) is 4.98 Å². The highest BCUT2D eigenvalue weighted by atomic mass is 32.1. The monoisotopic (exact) mass is 379 g/mol. The van der Waals surface area contributed by atoms with E-state index in [9.17, 15) is 10.1 Å². The third-order valence-electron chi connectivity index (χ3n) is 4.37. The first-order valence-corrected chi connectivity index (χ1v) is 9.70. The van der Waals surface area contributed by atoms with Gasteiger partial charge in [0, 0.05) is 4.88 Å².